The van der Waals surface area contributed by atoms with Gasteiger partial charge < -0.3 is 5.73 Å². The Morgan fingerprint density at radius 1 is 1.19 bits per heavy atom. The van der Waals surface area contributed by atoms with Crippen LogP contribution in [-0.4, -0.2) is 18.0 Å². The molecule has 0 spiro atoms. The van der Waals surface area contributed by atoms with E-state index >= 15 is 0 Å². The maximum Gasteiger partial charge on any atom is 0.0454 e. The Morgan fingerprint density at radius 3 is 2.62 bits per heavy atom. The number of nitrogens with two attached hydrogens (primary N) is 1. The number of nitrogens with zero attached hydrogens (tertiary/aromatic N) is 1. The van der Waals surface area contributed by atoms with Crippen LogP contribution in [0.4, 0.5) is 0 Å². The summed E-state index contributed by atoms with van der Waals surface area (Å²) in [5.74, 6) is 0. The minimum atomic E-state index is 0.573. The summed E-state index contributed by atoms with van der Waals surface area (Å²) in [6.07, 6.45) is 3.98. The molecule has 0 radical (unpaired) electrons. The van der Waals surface area contributed by atoms with Crippen LogP contribution >= 0.6 is 11.6 Å². The molecule has 1 heterocycles. The van der Waals surface area contributed by atoms with Crippen molar-refractivity contribution in [1.82, 2.24) is 4.90 Å². The Bertz CT molecular complexity index is 346. The molecule has 1 aromatic carbocycles. The minimum Gasteiger partial charge on any atom is -0.326 e. The van der Waals surface area contributed by atoms with E-state index in [-0.39, 0.29) is 0 Å². The predicted octanol–water partition coefficient (Wildman–Crippen LogP) is 2.78. The third-order valence-electron chi connectivity index (χ3n) is 3.27. The molecule has 1 fully saturated rings. The van der Waals surface area contributed by atoms with E-state index in [1.807, 2.05) is 12.1 Å². The van der Waals surface area contributed by atoms with Gasteiger partial charge in [-0.05, 0) is 43.1 Å². The normalized spacial score (nSPS) is 17.6. The van der Waals surface area contributed by atoms with Crippen LogP contribution in [0.1, 0.15) is 30.4 Å². The topological polar surface area (TPSA) is 29.3 Å². The summed E-state index contributed by atoms with van der Waals surface area (Å²) in [7, 11) is 0. The summed E-state index contributed by atoms with van der Waals surface area (Å²) in [4.78, 5) is 2.48. The van der Waals surface area contributed by atoms with Crippen LogP contribution in [0.25, 0.3) is 0 Å². The van der Waals surface area contributed by atoms with E-state index in [0.29, 0.717) is 6.54 Å². The highest BCUT2D eigenvalue weighted by Gasteiger charge is 2.14. The van der Waals surface area contributed by atoms with Gasteiger partial charge in [0, 0.05) is 18.1 Å². The summed E-state index contributed by atoms with van der Waals surface area (Å²) >= 11 is 6.25. The lowest BCUT2D eigenvalue weighted by atomic mass is 10.0. The van der Waals surface area contributed by atoms with Crippen molar-refractivity contribution in [2.75, 3.05) is 13.1 Å². The Hall–Kier alpha value is -0.570. The molecule has 0 aliphatic carbocycles. The lowest BCUT2D eigenvalue weighted by Gasteiger charge is -2.27. The van der Waals surface area contributed by atoms with E-state index in [1.54, 1.807) is 0 Å². The van der Waals surface area contributed by atoms with Gasteiger partial charge in [-0.2, -0.15) is 0 Å². The van der Waals surface area contributed by atoms with Gasteiger partial charge in [0.25, 0.3) is 0 Å². The molecule has 88 valence electrons. The van der Waals surface area contributed by atoms with Crippen molar-refractivity contribution in [3.05, 3.63) is 34.3 Å². The van der Waals surface area contributed by atoms with Crippen molar-refractivity contribution in [3.63, 3.8) is 0 Å². The van der Waals surface area contributed by atoms with Gasteiger partial charge in [0.05, 0.1) is 0 Å². The quantitative estimate of drug-likeness (QED) is 0.878. The minimum absolute atomic E-state index is 0.573. The maximum atomic E-state index is 6.25. The van der Waals surface area contributed by atoms with Crippen LogP contribution < -0.4 is 5.73 Å². The fourth-order valence-corrected chi connectivity index (χ4v) is 2.57. The van der Waals surface area contributed by atoms with Gasteiger partial charge in [-0.15, -0.1) is 0 Å². The summed E-state index contributed by atoms with van der Waals surface area (Å²) in [6, 6.07) is 6.01. The number of hydrogen-bond acceptors (Lipinski definition) is 2. The smallest absolute Gasteiger partial charge is 0.0454 e. The van der Waals surface area contributed by atoms with E-state index in [9.17, 15) is 0 Å². The highest BCUT2D eigenvalue weighted by atomic mass is 35.5. The lowest BCUT2D eigenvalue weighted by molar-refractivity contribution is 0.220. The standard InChI is InChI=1S/C13H19ClN2/c14-13-6-4-5-11(9-15)12(13)10-16-7-2-1-3-8-16/h4-6H,1-3,7-10,15H2. The number of piperidine rings is 1. The number of likely N-dealkylation sites (tertiary alicyclic amines) is 1. The molecule has 0 saturated carbocycles. The Morgan fingerprint density at radius 2 is 1.94 bits per heavy atom. The van der Waals surface area contributed by atoms with E-state index in [1.165, 1.54) is 43.5 Å². The van der Waals surface area contributed by atoms with Crippen molar-refractivity contribution >= 4 is 11.6 Å². The first-order valence-corrected chi connectivity index (χ1v) is 6.38. The summed E-state index contributed by atoms with van der Waals surface area (Å²) < 4.78 is 0. The molecule has 2 N–H and O–H groups in total. The second-order valence-electron chi connectivity index (χ2n) is 4.42. The SMILES string of the molecule is NCc1cccc(Cl)c1CN1CCCCC1. The average Bonchev–Trinajstić information content (AvgIpc) is 2.33. The summed E-state index contributed by atoms with van der Waals surface area (Å²) in [5, 5.41) is 0.855. The number of hydrogen-bond donors (Lipinski definition) is 1. The fraction of sp³-hybridized carbons (Fsp3) is 0.538. The monoisotopic (exact) mass is 238 g/mol. The van der Waals surface area contributed by atoms with Crippen molar-refractivity contribution in [1.29, 1.82) is 0 Å². The van der Waals surface area contributed by atoms with Gasteiger partial charge in [-0.3, -0.25) is 4.90 Å². The Labute approximate surface area is 102 Å². The summed E-state index contributed by atoms with van der Waals surface area (Å²) in [5.41, 5.74) is 8.14. The highest BCUT2D eigenvalue weighted by molar-refractivity contribution is 6.31. The van der Waals surface area contributed by atoms with Crippen LogP contribution in [0.5, 0.6) is 0 Å². The van der Waals surface area contributed by atoms with Gasteiger partial charge in [-0.1, -0.05) is 30.2 Å². The van der Waals surface area contributed by atoms with Crippen molar-refractivity contribution in [2.24, 2.45) is 5.73 Å². The summed E-state index contributed by atoms with van der Waals surface area (Å²) in [6.45, 7) is 3.90. The van der Waals surface area contributed by atoms with Crippen LogP contribution in [-0.2, 0) is 13.1 Å². The molecule has 16 heavy (non-hydrogen) atoms. The molecule has 0 aromatic heterocycles. The van der Waals surface area contributed by atoms with E-state index in [0.717, 1.165) is 11.6 Å². The zero-order chi connectivity index (χ0) is 11.4. The number of halogens is 1. The zero-order valence-electron chi connectivity index (χ0n) is 9.58. The molecule has 2 rings (SSSR count). The van der Waals surface area contributed by atoms with Crippen LogP contribution in [0, 0.1) is 0 Å². The van der Waals surface area contributed by atoms with Gasteiger partial charge in [-0.25, -0.2) is 0 Å². The zero-order valence-corrected chi connectivity index (χ0v) is 10.3. The second kappa shape index (κ2) is 5.67. The molecule has 0 amide bonds. The largest absolute Gasteiger partial charge is 0.326 e. The number of benzene rings is 1. The molecule has 0 unspecified atom stereocenters. The van der Waals surface area contributed by atoms with Gasteiger partial charge >= 0.3 is 0 Å². The van der Waals surface area contributed by atoms with Crippen molar-refractivity contribution in [2.45, 2.75) is 32.4 Å². The average molecular weight is 239 g/mol. The van der Waals surface area contributed by atoms with E-state index in [4.69, 9.17) is 17.3 Å². The third-order valence-corrected chi connectivity index (χ3v) is 3.62. The maximum absolute atomic E-state index is 6.25. The van der Waals surface area contributed by atoms with Crippen LogP contribution in [0.15, 0.2) is 18.2 Å². The van der Waals surface area contributed by atoms with Crippen molar-refractivity contribution < 1.29 is 0 Å². The van der Waals surface area contributed by atoms with Crippen LogP contribution in [0.3, 0.4) is 0 Å². The first-order valence-electron chi connectivity index (χ1n) is 6.00. The number of rotatable bonds is 3. The van der Waals surface area contributed by atoms with Gasteiger partial charge in [0.1, 0.15) is 0 Å². The molecule has 3 heteroatoms. The van der Waals surface area contributed by atoms with E-state index < -0.39 is 0 Å². The molecular formula is C13H19ClN2. The molecule has 0 atom stereocenters. The van der Waals surface area contributed by atoms with E-state index in [2.05, 4.69) is 11.0 Å². The first-order chi connectivity index (χ1) is 7.81. The molecule has 1 saturated heterocycles. The Balaban J connectivity index is 2.12. The van der Waals surface area contributed by atoms with Crippen LogP contribution in [0.2, 0.25) is 5.02 Å². The molecule has 0 bridgehead atoms. The highest BCUT2D eigenvalue weighted by Crippen LogP contribution is 2.23. The molecule has 2 nitrogen and oxygen atoms in total. The van der Waals surface area contributed by atoms with Gasteiger partial charge in [0.2, 0.25) is 0 Å². The predicted molar refractivity (Wildman–Crippen MR) is 68.5 cm³/mol. The first kappa shape index (κ1) is 11.9. The Kier molecular flexibility index (Phi) is 4.22. The molecule has 1 aliphatic rings. The lowest BCUT2D eigenvalue weighted by Crippen LogP contribution is -2.29. The molecule has 1 aliphatic heterocycles. The third kappa shape index (κ3) is 2.76. The van der Waals surface area contributed by atoms with Gasteiger partial charge in [0.15, 0.2) is 0 Å². The molecular weight excluding hydrogens is 220 g/mol. The van der Waals surface area contributed by atoms with Crippen molar-refractivity contribution in [3.8, 4) is 0 Å². The molecule has 1 aromatic rings. The fourth-order valence-electron chi connectivity index (χ4n) is 2.31. The second-order valence-corrected chi connectivity index (χ2v) is 4.83.